The third-order valence-electron chi connectivity index (χ3n) is 9.01. The molecule has 0 bridgehead atoms. The SMILES string of the molecule is C[C@H](OC(C)(C)C)[C@H](NC(=O)C(F)(F)F)C(=O)N1C[C@H]2[C@@H]([C@H]1C(=O)N[C@@H](C[C@@H]1CC3(CC3)NC1=O)C(N)=O)C2(C)C. The molecule has 5 N–H and O–H groups in total. The van der Waals surface area contributed by atoms with E-state index in [1.807, 2.05) is 13.8 Å². The van der Waals surface area contributed by atoms with Gasteiger partial charge in [0.05, 0.1) is 11.7 Å². The van der Waals surface area contributed by atoms with E-state index in [9.17, 15) is 37.1 Å². The molecule has 230 valence electrons. The van der Waals surface area contributed by atoms with Gasteiger partial charge in [0.1, 0.15) is 18.1 Å². The summed E-state index contributed by atoms with van der Waals surface area (Å²) in [6.07, 6.45) is -4.19. The maximum Gasteiger partial charge on any atom is 0.471 e. The van der Waals surface area contributed by atoms with Gasteiger partial charge in [0.15, 0.2) is 0 Å². The maximum absolute atomic E-state index is 13.8. The first kappa shape index (κ1) is 31.0. The standard InChI is InChI=1S/C27H40F3N5O6/c1-12(41-24(2,3)4)17(33-23(40)27(28,29)30)22(39)35-11-14-16(25(14,5)6)18(35)21(38)32-15(19(31)36)9-13-10-26(7-8-26)34-20(13)37/h12-18H,7-11H2,1-6H3,(H2,31,36)(H,32,38)(H,33,40)(H,34,37)/t12-,13+,14-,15-,16-,17-,18-/m0/s1. The summed E-state index contributed by atoms with van der Waals surface area (Å²) in [7, 11) is 0. The first-order chi connectivity index (χ1) is 18.7. The monoisotopic (exact) mass is 587 g/mol. The molecule has 4 aliphatic rings. The largest absolute Gasteiger partial charge is 0.471 e. The van der Waals surface area contributed by atoms with Gasteiger partial charge in [-0.05, 0) is 70.6 Å². The molecule has 2 aliphatic carbocycles. The third kappa shape index (κ3) is 6.31. The van der Waals surface area contributed by atoms with Gasteiger partial charge in [0.25, 0.3) is 0 Å². The number of hydrogen-bond donors (Lipinski definition) is 4. The molecule has 2 saturated heterocycles. The van der Waals surface area contributed by atoms with E-state index in [2.05, 4.69) is 10.6 Å². The molecule has 0 aromatic heterocycles. The Labute approximate surface area is 236 Å². The van der Waals surface area contributed by atoms with Gasteiger partial charge >= 0.3 is 12.1 Å². The topological polar surface area (TPSA) is 160 Å². The van der Waals surface area contributed by atoms with Gasteiger partial charge in [-0.2, -0.15) is 13.2 Å². The molecule has 5 amide bonds. The van der Waals surface area contributed by atoms with Gasteiger partial charge in [-0.1, -0.05) is 13.8 Å². The fraction of sp³-hybridized carbons (Fsp3) is 0.815. The Morgan fingerprint density at radius 1 is 1.15 bits per heavy atom. The van der Waals surface area contributed by atoms with Crippen LogP contribution in [0.2, 0.25) is 0 Å². The van der Waals surface area contributed by atoms with Gasteiger partial charge < -0.3 is 31.3 Å². The Morgan fingerprint density at radius 2 is 1.76 bits per heavy atom. The third-order valence-corrected chi connectivity index (χ3v) is 9.01. The van der Waals surface area contributed by atoms with E-state index in [1.54, 1.807) is 26.1 Å². The summed E-state index contributed by atoms with van der Waals surface area (Å²) in [6.45, 7) is 10.2. The summed E-state index contributed by atoms with van der Waals surface area (Å²) in [6, 6.07) is -4.04. The number of carbonyl (C=O) groups excluding carboxylic acids is 5. The number of nitrogens with one attached hydrogen (secondary N) is 3. The number of carbonyl (C=O) groups is 5. The number of ether oxygens (including phenoxy) is 1. The van der Waals surface area contributed by atoms with Gasteiger partial charge in [-0.3, -0.25) is 24.0 Å². The Hall–Kier alpha value is -2.90. The predicted molar refractivity (Wildman–Crippen MR) is 139 cm³/mol. The number of amides is 5. The lowest BCUT2D eigenvalue weighted by Gasteiger charge is -2.37. The number of hydrogen-bond acceptors (Lipinski definition) is 6. The second-order valence-corrected chi connectivity index (χ2v) is 13.6. The molecular formula is C27H40F3N5O6. The summed E-state index contributed by atoms with van der Waals surface area (Å²) in [5.74, 6) is -5.91. The highest BCUT2D eigenvalue weighted by molar-refractivity contribution is 5.96. The number of fused-ring (bicyclic) bond motifs is 1. The number of piperidine rings is 1. The van der Waals surface area contributed by atoms with Crippen molar-refractivity contribution in [1.29, 1.82) is 0 Å². The minimum Gasteiger partial charge on any atom is -0.370 e. The van der Waals surface area contributed by atoms with Crippen molar-refractivity contribution in [1.82, 2.24) is 20.9 Å². The number of likely N-dealkylation sites (tertiary alicyclic amines) is 1. The second-order valence-electron chi connectivity index (χ2n) is 13.6. The first-order valence-corrected chi connectivity index (χ1v) is 13.9. The minimum absolute atomic E-state index is 0.00642. The van der Waals surface area contributed by atoms with Crippen LogP contribution in [0.1, 0.15) is 67.2 Å². The number of rotatable bonds is 9. The van der Waals surface area contributed by atoms with Crippen molar-refractivity contribution < 1.29 is 41.9 Å². The van der Waals surface area contributed by atoms with Crippen molar-refractivity contribution in [3.8, 4) is 0 Å². The quantitative estimate of drug-likeness (QED) is 0.312. The molecule has 2 aliphatic heterocycles. The normalized spacial score (nSPS) is 29.7. The molecule has 7 atom stereocenters. The zero-order chi connectivity index (χ0) is 30.9. The molecule has 0 aromatic rings. The van der Waals surface area contributed by atoms with Crippen LogP contribution in [-0.4, -0.2) is 82.5 Å². The van der Waals surface area contributed by atoms with E-state index in [-0.39, 0.29) is 41.7 Å². The number of halogens is 3. The molecule has 4 rings (SSSR count). The van der Waals surface area contributed by atoms with E-state index in [4.69, 9.17) is 10.5 Å². The van der Waals surface area contributed by atoms with Crippen LogP contribution in [0, 0.1) is 23.2 Å². The van der Waals surface area contributed by atoms with Crippen LogP contribution in [0.5, 0.6) is 0 Å². The summed E-state index contributed by atoms with van der Waals surface area (Å²) in [4.78, 5) is 65.3. The molecule has 1 spiro atoms. The maximum atomic E-state index is 13.8. The Balaban J connectivity index is 1.55. The molecular weight excluding hydrogens is 547 g/mol. The predicted octanol–water partition coefficient (Wildman–Crippen LogP) is 0.749. The highest BCUT2D eigenvalue weighted by Crippen LogP contribution is 2.65. The molecule has 41 heavy (non-hydrogen) atoms. The number of nitrogens with two attached hydrogens (primary N) is 1. The molecule has 0 unspecified atom stereocenters. The summed E-state index contributed by atoms with van der Waals surface area (Å²) in [5.41, 5.74) is 4.15. The first-order valence-electron chi connectivity index (χ1n) is 13.9. The van der Waals surface area contributed by atoms with Crippen LogP contribution >= 0.6 is 0 Å². The lowest BCUT2D eigenvalue weighted by Crippen LogP contribution is -2.61. The highest BCUT2D eigenvalue weighted by Gasteiger charge is 2.70. The average Bonchev–Trinajstić information content (AvgIpc) is 3.53. The average molecular weight is 588 g/mol. The Morgan fingerprint density at radius 3 is 2.24 bits per heavy atom. The van der Waals surface area contributed by atoms with E-state index in [0.29, 0.717) is 6.42 Å². The van der Waals surface area contributed by atoms with E-state index >= 15 is 0 Å². The van der Waals surface area contributed by atoms with Crippen LogP contribution in [-0.2, 0) is 28.7 Å². The van der Waals surface area contributed by atoms with Crippen molar-refractivity contribution in [2.45, 2.75) is 109 Å². The summed E-state index contributed by atoms with van der Waals surface area (Å²) < 4.78 is 45.3. The van der Waals surface area contributed by atoms with Crippen LogP contribution in [0.25, 0.3) is 0 Å². The fourth-order valence-electron chi connectivity index (χ4n) is 6.66. The smallest absolute Gasteiger partial charge is 0.370 e. The van der Waals surface area contributed by atoms with Crippen molar-refractivity contribution in [2.75, 3.05) is 6.54 Å². The van der Waals surface area contributed by atoms with Crippen molar-refractivity contribution in [3.63, 3.8) is 0 Å². The van der Waals surface area contributed by atoms with Crippen LogP contribution < -0.4 is 21.7 Å². The van der Waals surface area contributed by atoms with Gasteiger partial charge in [-0.15, -0.1) is 0 Å². The van der Waals surface area contributed by atoms with Gasteiger partial charge in [0, 0.05) is 18.0 Å². The Bertz CT molecular complexity index is 1130. The molecule has 0 radical (unpaired) electrons. The highest BCUT2D eigenvalue weighted by atomic mass is 19.4. The van der Waals surface area contributed by atoms with E-state index < -0.39 is 65.6 Å². The van der Waals surface area contributed by atoms with E-state index in [1.165, 1.54) is 11.8 Å². The number of alkyl halides is 3. The minimum atomic E-state index is -5.24. The molecule has 2 heterocycles. The molecule has 2 saturated carbocycles. The summed E-state index contributed by atoms with van der Waals surface area (Å²) in [5, 5.41) is 7.32. The summed E-state index contributed by atoms with van der Waals surface area (Å²) >= 11 is 0. The van der Waals surface area contributed by atoms with Crippen molar-refractivity contribution >= 4 is 29.5 Å². The zero-order valence-corrected chi connectivity index (χ0v) is 24.2. The lowest BCUT2D eigenvalue weighted by atomic mass is 9.94. The number of primary amides is 1. The molecule has 14 heteroatoms. The fourth-order valence-corrected chi connectivity index (χ4v) is 6.66. The van der Waals surface area contributed by atoms with Crippen molar-refractivity contribution in [2.24, 2.45) is 28.9 Å². The van der Waals surface area contributed by atoms with Crippen molar-refractivity contribution in [3.05, 3.63) is 0 Å². The zero-order valence-electron chi connectivity index (χ0n) is 24.2. The van der Waals surface area contributed by atoms with Gasteiger partial charge in [-0.25, -0.2) is 0 Å². The molecule has 4 fully saturated rings. The number of nitrogens with zero attached hydrogens (tertiary/aromatic N) is 1. The second kappa shape index (κ2) is 10.1. The Kier molecular flexibility index (Phi) is 7.67. The van der Waals surface area contributed by atoms with Crippen LogP contribution in [0.3, 0.4) is 0 Å². The molecule has 0 aromatic carbocycles. The van der Waals surface area contributed by atoms with E-state index in [0.717, 1.165) is 12.8 Å². The van der Waals surface area contributed by atoms with Gasteiger partial charge in [0.2, 0.25) is 23.6 Å². The van der Waals surface area contributed by atoms with Crippen LogP contribution in [0.4, 0.5) is 13.2 Å². The molecule has 11 nitrogen and oxygen atoms in total. The van der Waals surface area contributed by atoms with Crippen LogP contribution in [0.15, 0.2) is 0 Å². The lowest BCUT2D eigenvalue weighted by molar-refractivity contribution is -0.177.